The van der Waals surface area contributed by atoms with Gasteiger partial charge in [-0.05, 0) is 47.5 Å². The number of halogens is 1. The number of nitrogens with zero attached hydrogens (tertiary/aromatic N) is 2. The summed E-state index contributed by atoms with van der Waals surface area (Å²) in [5.41, 5.74) is 0.940. The van der Waals surface area contributed by atoms with Crippen LogP contribution in [0.5, 0.6) is 0 Å². The van der Waals surface area contributed by atoms with E-state index in [-0.39, 0.29) is 16.8 Å². The highest BCUT2D eigenvalue weighted by Gasteiger charge is 2.70. The highest BCUT2D eigenvalue weighted by molar-refractivity contribution is 6.18. The lowest BCUT2D eigenvalue weighted by Crippen LogP contribution is -2.51. The number of fused-ring (bicyclic) bond motifs is 6. The maximum absolute atomic E-state index is 14.6. The molecule has 42 heavy (non-hydrogen) atoms. The summed E-state index contributed by atoms with van der Waals surface area (Å²) in [5, 5.41) is 14.5. The number of nitro groups is 1. The maximum Gasteiger partial charge on any atom is 0.270 e. The second-order valence-electron chi connectivity index (χ2n) is 10.6. The number of hydrogen-bond donors (Lipinski definition) is 1. The van der Waals surface area contributed by atoms with Crippen LogP contribution in [0.25, 0.3) is 6.08 Å². The van der Waals surface area contributed by atoms with E-state index in [1.54, 1.807) is 24.3 Å². The molecule has 3 aliphatic rings. The summed E-state index contributed by atoms with van der Waals surface area (Å²) in [4.78, 5) is 56.4. The molecule has 4 aromatic rings. The SMILES string of the molecule is O=C(c1cccc([N+](=O)[O-])c1)C1C(C(=O)c2ccc(F)cc2)C2(C(=O)Nc3ccccc32)C2C=Cc3ccccc3N12. The Labute approximate surface area is 239 Å². The van der Waals surface area contributed by atoms with Gasteiger partial charge in [0, 0.05) is 34.6 Å². The lowest BCUT2D eigenvalue weighted by molar-refractivity contribution is -0.384. The quantitative estimate of drug-likeness (QED) is 0.194. The maximum atomic E-state index is 14.6. The fourth-order valence-corrected chi connectivity index (χ4v) is 6.86. The van der Waals surface area contributed by atoms with Crippen LogP contribution in [0.1, 0.15) is 31.8 Å². The van der Waals surface area contributed by atoms with Crippen molar-refractivity contribution in [2.75, 3.05) is 10.2 Å². The third-order valence-corrected chi connectivity index (χ3v) is 8.56. The van der Waals surface area contributed by atoms with Gasteiger partial charge in [-0.15, -0.1) is 0 Å². The van der Waals surface area contributed by atoms with Crippen molar-refractivity contribution in [1.29, 1.82) is 0 Å². The number of carbonyl (C=O) groups is 3. The summed E-state index contributed by atoms with van der Waals surface area (Å²) in [5.74, 6) is -3.28. The molecule has 4 unspecified atom stereocenters. The largest absolute Gasteiger partial charge is 0.352 e. The molecule has 1 saturated heterocycles. The van der Waals surface area contributed by atoms with E-state index in [0.717, 1.165) is 17.7 Å². The van der Waals surface area contributed by atoms with Crippen LogP contribution in [0.2, 0.25) is 0 Å². The smallest absolute Gasteiger partial charge is 0.270 e. The van der Waals surface area contributed by atoms with Crippen LogP contribution in [0.15, 0.2) is 103 Å². The van der Waals surface area contributed by atoms with Crippen LogP contribution in [-0.2, 0) is 10.2 Å². The van der Waals surface area contributed by atoms with Gasteiger partial charge in [0.05, 0.1) is 16.9 Å². The van der Waals surface area contributed by atoms with Crippen molar-refractivity contribution in [1.82, 2.24) is 0 Å². The molecule has 1 amide bonds. The molecule has 0 aliphatic carbocycles. The van der Waals surface area contributed by atoms with E-state index in [4.69, 9.17) is 0 Å². The first kappa shape index (κ1) is 25.5. The number of nitro benzene ring substituents is 1. The zero-order valence-corrected chi connectivity index (χ0v) is 21.9. The van der Waals surface area contributed by atoms with Crippen LogP contribution in [0.4, 0.5) is 21.5 Å². The first-order valence-corrected chi connectivity index (χ1v) is 13.4. The molecule has 0 bridgehead atoms. The molecule has 206 valence electrons. The number of para-hydroxylation sites is 2. The number of ketones is 2. The number of non-ortho nitro benzene ring substituents is 1. The molecule has 1 N–H and O–H groups in total. The molecule has 9 heteroatoms. The second-order valence-corrected chi connectivity index (χ2v) is 10.6. The van der Waals surface area contributed by atoms with E-state index in [1.807, 2.05) is 41.3 Å². The van der Waals surface area contributed by atoms with Gasteiger partial charge in [-0.2, -0.15) is 0 Å². The molecule has 8 nitrogen and oxygen atoms in total. The summed E-state index contributed by atoms with van der Waals surface area (Å²) in [6.45, 7) is 0. The second kappa shape index (κ2) is 9.31. The van der Waals surface area contributed by atoms with Gasteiger partial charge >= 0.3 is 0 Å². The van der Waals surface area contributed by atoms with Crippen molar-refractivity contribution in [3.63, 3.8) is 0 Å². The van der Waals surface area contributed by atoms with Gasteiger partial charge in [0.1, 0.15) is 17.3 Å². The van der Waals surface area contributed by atoms with Crippen LogP contribution in [0, 0.1) is 21.8 Å². The molecule has 0 aromatic heterocycles. The fraction of sp³-hybridized carbons (Fsp3) is 0.121. The number of amides is 1. The predicted octanol–water partition coefficient (Wildman–Crippen LogP) is 5.59. The Kier molecular flexibility index (Phi) is 5.65. The van der Waals surface area contributed by atoms with Gasteiger partial charge in [-0.25, -0.2) is 4.39 Å². The van der Waals surface area contributed by atoms with Crippen molar-refractivity contribution < 1.29 is 23.7 Å². The molecule has 4 aromatic carbocycles. The third-order valence-electron chi connectivity index (χ3n) is 8.56. The number of hydrogen-bond acceptors (Lipinski definition) is 6. The van der Waals surface area contributed by atoms with Crippen molar-refractivity contribution >= 4 is 40.6 Å². The molecule has 0 radical (unpaired) electrons. The van der Waals surface area contributed by atoms with Crippen molar-refractivity contribution in [3.05, 3.63) is 141 Å². The minimum atomic E-state index is -1.53. The summed E-state index contributed by atoms with van der Waals surface area (Å²) < 4.78 is 13.9. The van der Waals surface area contributed by atoms with Gasteiger partial charge in [0.15, 0.2) is 11.6 Å². The highest BCUT2D eigenvalue weighted by Crippen LogP contribution is 2.58. The topological polar surface area (TPSA) is 110 Å². The minimum Gasteiger partial charge on any atom is -0.352 e. The average molecular weight is 560 g/mol. The molecule has 3 heterocycles. The zero-order valence-electron chi connectivity index (χ0n) is 21.9. The number of Topliss-reactive ketones (excluding diaryl/α,β-unsaturated/α-hetero) is 2. The van der Waals surface area contributed by atoms with E-state index in [2.05, 4.69) is 5.32 Å². The normalized spacial score (nSPS) is 23.2. The number of carbonyl (C=O) groups excluding carboxylic acids is 3. The lowest BCUT2D eigenvalue weighted by atomic mass is 9.64. The molecule has 4 atom stereocenters. The van der Waals surface area contributed by atoms with Crippen molar-refractivity contribution in [3.8, 4) is 0 Å². The van der Waals surface area contributed by atoms with E-state index in [0.29, 0.717) is 16.9 Å². The average Bonchev–Trinajstić information content (AvgIpc) is 3.49. The van der Waals surface area contributed by atoms with Crippen molar-refractivity contribution in [2.24, 2.45) is 5.92 Å². The minimum absolute atomic E-state index is 0.0423. The highest BCUT2D eigenvalue weighted by atomic mass is 19.1. The Hall–Kier alpha value is -5.44. The fourth-order valence-electron chi connectivity index (χ4n) is 6.86. The van der Waals surface area contributed by atoms with Crippen LogP contribution in [-0.4, -0.2) is 34.5 Å². The van der Waals surface area contributed by atoms with Crippen molar-refractivity contribution in [2.45, 2.75) is 17.5 Å². The molecule has 7 rings (SSSR count). The first-order chi connectivity index (χ1) is 20.3. The van der Waals surface area contributed by atoms with Crippen LogP contribution in [0.3, 0.4) is 0 Å². The number of nitrogens with one attached hydrogen (secondary N) is 1. The summed E-state index contributed by atoms with van der Waals surface area (Å²) in [7, 11) is 0. The number of rotatable bonds is 5. The lowest BCUT2D eigenvalue weighted by Gasteiger charge is -2.37. The van der Waals surface area contributed by atoms with Crippen LogP contribution >= 0.6 is 0 Å². The van der Waals surface area contributed by atoms with Gasteiger partial charge in [0.25, 0.3) is 5.69 Å². The number of benzene rings is 4. The first-order valence-electron chi connectivity index (χ1n) is 13.4. The summed E-state index contributed by atoms with van der Waals surface area (Å²) in [6, 6.07) is 22.9. The monoisotopic (exact) mass is 559 g/mol. The third kappa shape index (κ3) is 3.49. The molecule has 1 spiro atoms. The molecular formula is C33H22FN3O5. The molecule has 0 saturated carbocycles. The van der Waals surface area contributed by atoms with Gasteiger partial charge < -0.3 is 10.2 Å². The molecule has 3 aliphatic heterocycles. The van der Waals surface area contributed by atoms with E-state index >= 15 is 0 Å². The Balaban J connectivity index is 1.53. The van der Waals surface area contributed by atoms with E-state index < -0.39 is 51.6 Å². The number of anilines is 2. The van der Waals surface area contributed by atoms with Crippen LogP contribution < -0.4 is 10.2 Å². The standard InChI is InChI=1S/C33H22FN3O5/c34-22-15-12-20(13-16-22)30(38)28-29(31(39)21-7-5-8-23(18-21)37(41)42)36-26-11-4-1-6-19(26)14-17-27(36)33(28)24-9-2-3-10-25(24)35-32(33)40/h1-18,27-29H,(H,35,40). The Morgan fingerprint density at radius 3 is 2.40 bits per heavy atom. The van der Waals surface area contributed by atoms with Gasteiger partial charge in [-0.3, -0.25) is 24.5 Å². The van der Waals surface area contributed by atoms with Gasteiger partial charge in [-0.1, -0.05) is 60.7 Å². The predicted molar refractivity (Wildman–Crippen MR) is 154 cm³/mol. The molecule has 1 fully saturated rings. The Morgan fingerprint density at radius 2 is 1.62 bits per heavy atom. The summed E-state index contributed by atoms with van der Waals surface area (Å²) in [6.07, 6.45) is 3.72. The Bertz CT molecular complexity index is 1850. The Morgan fingerprint density at radius 1 is 0.881 bits per heavy atom. The van der Waals surface area contributed by atoms with E-state index in [1.165, 1.54) is 36.4 Å². The molecular weight excluding hydrogens is 537 g/mol. The summed E-state index contributed by atoms with van der Waals surface area (Å²) >= 11 is 0. The zero-order chi connectivity index (χ0) is 29.2. The van der Waals surface area contributed by atoms with E-state index in [9.17, 15) is 28.9 Å². The van der Waals surface area contributed by atoms with Gasteiger partial charge in [0.2, 0.25) is 5.91 Å².